The van der Waals surface area contributed by atoms with E-state index >= 15 is 0 Å². The molecular weight excluding hydrogens is 432 g/mol. The number of benzene rings is 1. The van der Waals surface area contributed by atoms with Crippen LogP contribution in [-0.4, -0.2) is 66.3 Å². The van der Waals surface area contributed by atoms with Crippen molar-refractivity contribution in [1.29, 1.82) is 0 Å². The van der Waals surface area contributed by atoms with Crippen molar-refractivity contribution in [3.63, 3.8) is 0 Å². The van der Waals surface area contributed by atoms with Gasteiger partial charge in [0.25, 0.3) is 5.56 Å². The lowest BCUT2D eigenvalue weighted by Crippen LogP contribution is -2.50. The Bertz CT molecular complexity index is 1430. The number of hydrogen-bond donors (Lipinski definition) is 0. The highest BCUT2D eigenvalue weighted by Crippen LogP contribution is 2.19. The van der Waals surface area contributed by atoms with Crippen molar-refractivity contribution >= 4 is 22.6 Å². The van der Waals surface area contributed by atoms with Crippen LogP contribution in [0.4, 0.5) is 5.82 Å². The van der Waals surface area contributed by atoms with Crippen LogP contribution < -0.4 is 10.5 Å². The molecule has 0 spiro atoms. The van der Waals surface area contributed by atoms with Crippen molar-refractivity contribution in [1.82, 2.24) is 34.2 Å². The fourth-order valence-corrected chi connectivity index (χ4v) is 4.32. The summed E-state index contributed by atoms with van der Waals surface area (Å²) in [5.41, 5.74) is 2.37. The van der Waals surface area contributed by atoms with E-state index in [1.807, 2.05) is 43.7 Å². The molecule has 34 heavy (non-hydrogen) atoms. The maximum Gasteiger partial charge on any atom is 0.261 e. The number of anilines is 1. The highest BCUT2D eigenvalue weighted by Gasteiger charge is 2.23. The summed E-state index contributed by atoms with van der Waals surface area (Å²) in [4.78, 5) is 43.0. The molecule has 1 aliphatic rings. The van der Waals surface area contributed by atoms with Crippen LogP contribution in [0.2, 0.25) is 0 Å². The van der Waals surface area contributed by atoms with Gasteiger partial charge in [-0.25, -0.2) is 19.6 Å². The average molecular weight is 459 g/mol. The molecular formula is C24H26N8O2. The molecule has 4 heterocycles. The summed E-state index contributed by atoms with van der Waals surface area (Å²) >= 11 is 0. The van der Waals surface area contributed by atoms with Gasteiger partial charge in [0, 0.05) is 37.9 Å². The van der Waals surface area contributed by atoms with Gasteiger partial charge < -0.3 is 9.80 Å². The summed E-state index contributed by atoms with van der Waals surface area (Å²) in [6.45, 7) is 8.18. The first-order chi connectivity index (χ1) is 16.4. The number of amides is 1. The highest BCUT2D eigenvalue weighted by atomic mass is 16.2. The molecule has 0 aliphatic carbocycles. The third kappa shape index (κ3) is 4.14. The Kier molecular flexibility index (Phi) is 5.56. The minimum Gasteiger partial charge on any atom is -0.353 e. The molecule has 1 aliphatic heterocycles. The molecule has 4 aromatic rings. The monoisotopic (exact) mass is 458 g/mol. The van der Waals surface area contributed by atoms with Gasteiger partial charge in [-0.05, 0) is 39.0 Å². The van der Waals surface area contributed by atoms with Crippen LogP contribution in [0.25, 0.3) is 16.7 Å². The molecule has 1 fully saturated rings. The van der Waals surface area contributed by atoms with Crippen molar-refractivity contribution in [2.75, 3.05) is 31.1 Å². The van der Waals surface area contributed by atoms with Crippen LogP contribution in [0, 0.1) is 20.8 Å². The average Bonchev–Trinajstić information content (AvgIpc) is 3.18. The molecule has 10 nitrogen and oxygen atoms in total. The molecule has 1 aromatic carbocycles. The molecule has 3 aromatic heterocycles. The zero-order chi connectivity index (χ0) is 23.8. The van der Waals surface area contributed by atoms with Crippen LogP contribution in [0.3, 0.4) is 0 Å². The maximum atomic E-state index is 12.9. The zero-order valence-corrected chi connectivity index (χ0v) is 19.5. The van der Waals surface area contributed by atoms with E-state index in [1.165, 1.54) is 10.9 Å². The number of piperazine rings is 1. The number of aryl methyl sites for hydroxylation is 3. The van der Waals surface area contributed by atoms with E-state index in [0.29, 0.717) is 42.9 Å². The SMILES string of the molecule is Cc1cc(C)n(-c2cc(N3CCN(C(=O)Cn4cnc5ccccc5c4=O)CC3)nc(C)n2)n1. The predicted octanol–water partition coefficient (Wildman–Crippen LogP) is 1.65. The molecule has 0 unspecified atom stereocenters. The lowest BCUT2D eigenvalue weighted by molar-refractivity contribution is -0.132. The Balaban J connectivity index is 1.28. The van der Waals surface area contributed by atoms with E-state index < -0.39 is 0 Å². The van der Waals surface area contributed by atoms with Crippen molar-refractivity contribution in [2.24, 2.45) is 0 Å². The summed E-state index contributed by atoms with van der Waals surface area (Å²) < 4.78 is 3.20. The molecule has 0 radical (unpaired) electrons. The third-order valence-electron chi connectivity index (χ3n) is 6.03. The van der Waals surface area contributed by atoms with Crippen LogP contribution in [0.15, 0.2) is 47.5 Å². The molecule has 10 heteroatoms. The van der Waals surface area contributed by atoms with Gasteiger partial charge in [0.15, 0.2) is 5.82 Å². The van der Waals surface area contributed by atoms with E-state index in [4.69, 9.17) is 0 Å². The lowest BCUT2D eigenvalue weighted by atomic mass is 10.2. The summed E-state index contributed by atoms with van der Waals surface area (Å²) in [5, 5.41) is 5.05. The largest absolute Gasteiger partial charge is 0.353 e. The van der Waals surface area contributed by atoms with Crippen molar-refractivity contribution in [2.45, 2.75) is 27.3 Å². The molecule has 1 saturated heterocycles. The van der Waals surface area contributed by atoms with Crippen LogP contribution in [0.1, 0.15) is 17.2 Å². The molecule has 0 saturated carbocycles. The Labute approximate surface area is 196 Å². The number of carbonyl (C=O) groups is 1. The molecule has 174 valence electrons. The molecule has 1 amide bonds. The van der Waals surface area contributed by atoms with Gasteiger partial charge in [-0.1, -0.05) is 12.1 Å². The van der Waals surface area contributed by atoms with Gasteiger partial charge in [0.1, 0.15) is 18.2 Å². The minimum atomic E-state index is -0.203. The smallest absolute Gasteiger partial charge is 0.261 e. The fourth-order valence-electron chi connectivity index (χ4n) is 4.32. The molecule has 0 N–H and O–H groups in total. The second-order valence-electron chi connectivity index (χ2n) is 8.53. The molecule has 5 rings (SSSR count). The van der Waals surface area contributed by atoms with E-state index in [9.17, 15) is 9.59 Å². The van der Waals surface area contributed by atoms with E-state index in [2.05, 4.69) is 25.0 Å². The Hall–Kier alpha value is -4.08. The molecule has 0 bridgehead atoms. The quantitative estimate of drug-likeness (QED) is 0.458. The van der Waals surface area contributed by atoms with E-state index in [0.717, 1.165) is 23.0 Å². The van der Waals surface area contributed by atoms with Crippen LogP contribution >= 0.6 is 0 Å². The minimum absolute atomic E-state index is 0.0225. The second-order valence-corrected chi connectivity index (χ2v) is 8.53. The summed E-state index contributed by atoms with van der Waals surface area (Å²) in [6.07, 6.45) is 1.45. The normalized spacial score (nSPS) is 14.1. The van der Waals surface area contributed by atoms with E-state index in [1.54, 1.807) is 23.1 Å². The van der Waals surface area contributed by atoms with Crippen molar-refractivity contribution < 1.29 is 4.79 Å². The summed E-state index contributed by atoms with van der Waals surface area (Å²) in [6, 6.07) is 11.1. The standard InChI is InChI=1S/C24H26N8O2/c1-16-12-17(2)32(28-16)22-13-21(26-18(3)27-22)29-8-10-30(11-9-29)23(33)14-31-15-25-20-7-5-4-6-19(20)24(31)34/h4-7,12-13,15H,8-11,14H2,1-3H3. The summed E-state index contributed by atoms with van der Waals surface area (Å²) in [5.74, 6) is 2.12. The highest BCUT2D eigenvalue weighted by molar-refractivity contribution is 5.79. The van der Waals surface area contributed by atoms with Gasteiger partial charge in [0.05, 0.1) is 22.9 Å². The first-order valence-corrected chi connectivity index (χ1v) is 11.3. The first kappa shape index (κ1) is 21.7. The topological polar surface area (TPSA) is 102 Å². The number of fused-ring (bicyclic) bond motifs is 1. The number of aromatic nitrogens is 6. The van der Waals surface area contributed by atoms with Gasteiger partial charge in [0.2, 0.25) is 5.91 Å². The van der Waals surface area contributed by atoms with Gasteiger partial charge in [-0.3, -0.25) is 14.2 Å². The van der Waals surface area contributed by atoms with Crippen LogP contribution in [0.5, 0.6) is 0 Å². The Morgan fingerprint density at radius 3 is 2.44 bits per heavy atom. The lowest BCUT2D eigenvalue weighted by Gasteiger charge is -2.35. The Morgan fingerprint density at radius 2 is 1.71 bits per heavy atom. The van der Waals surface area contributed by atoms with Gasteiger partial charge in [-0.15, -0.1) is 0 Å². The summed E-state index contributed by atoms with van der Waals surface area (Å²) in [7, 11) is 0. The van der Waals surface area contributed by atoms with Crippen LogP contribution in [-0.2, 0) is 11.3 Å². The number of nitrogens with zero attached hydrogens (tertiary/aromatic N) is 8. The van der Waals surface area contributed by atoms with Gasteiger partial charge in [-0.2, -0.15) is 5.10 Å². The number of para-hydroxylation sites is 1. The fraction of sp³-hybridized carbons (Fsp3) is 0.333. The van der Waals surface area contributed by atoms with Crippen molar-refractivity contribution in [3.8, 4) is 5.82 Å². The number of hydrogen-bond acceptors (Lipinski definition) is 7. The third-order valence-corrected chi connectivity index (χ3v) is 6.03. The first-order valence-electron chi connectivity index (χ1n) is 11.3. The van der Waals surface area contributed by atoms with Crippen molar-refractivity contribution in [3.05, 3.63) is 70.3 Å². The number of rotatable bonds is 4. The van der Waals surface area contributed by atoms with E-state index in [-0.39, 0.29) is 18.0 Å². The maximum absolute atomic E-state index is 12.9. The zero-order valence-electron chi connectivity index (χ0n) is 19.5. The Morgan fingerprint density at radius 1 is 0.971 bits per heavy atom. The van der Waals surface area contributed by atoms with Gasteiger partial charge >= 0.3 is 0 Å². The predicted molar refractivity (Wildman–Crippen MR) is 128 cm³/mol. The number of carbonyl (C=O) groups excluding carboxylic acids is 1. The second kappa shape index (κ2) is 8.69. The molecule has 0 atom stereocenters.